The number of nitrogens with two attached hydrogens (primary N) is 2. The molecule has 0 fully saturated rings. The van der Waals surface area contributed by atoms with Gasteiger partial charge in [0.05, 0.1) is 0 Å². The van der Waals surface area contributed by atoms with E-state index in [9.17, 15) is 5.11 Å². The molecule has 0 radical (unpaired) electrons. The summed E-state index contributed by atoms with van der Waals surface area (Å²) in [5, 5.41) is 10.8. The maximum absolute atomic E-state index is 10.8. The average molecular weight is 468 g/mol. The van der Waals surface area contributed by atoms with E-state index in [-0.39, 0.29) is 5.92 Å². The van der Waals surface area contributed by atoms with E-state index in [4.69, 9.17) is 16.2 Å². The molecule has 0 heterocycles. The first-order valence-corrected chi connectivity index (χ1v) is 11.9. The van der Waals surface area contributed by atoms with Crippen LogP contribution in [0.1, 0.15) is 29.5 Å². The fraction of sp³-hybridized carbons (Fsp3) is 0.200. The Hall–Kier alpha value is -3.80. The molecular weight excluding hydrogens is 434 g/mol. The van der Waals surface area contributed by atoms with Crippen LogP contribution >= 0.6 is 0 Å². The number of hydrogen-bond donors (Lipinski definition) is 3. The number of benzene rings is 4. The predicted octanol–water partition coefficient (Wildman–Crippen LogP) is 5.27. The number of rotatable bonds is 10. The highest BCUT2D eigenvalue weighted by atomic mass is 16.5. The standard InChI is InChI=1S/C30H33N3O2/c1-22(34)30(35-28-10-6-3-7-11-28)33(20-23-8-4-2-5-9-23)21-29(24-12-16-26(31)17-13-24)25-14-18-27(32)19-15-25/h2-19,22,29-30,34H,20-21,31-32H2,1H3. The van der Waals surface area contributed by atoms with Gasteiger partial charge in [-0.15, -0.1) is 0 Å². The second kappa shape index (κ2) is 11.6. The largest absolute Gasteiger partial charge is 0.472 e. The zero-order valence-electron chi connectivity index (χ0n) is 20.0. The lowest BCUT2D eigenvalue weighted by Crippen LogP contribution is -2.47. The van der Waals surface area contributed by atoms with Gasteiger partial charge in [-0.1, -0.05) is 72.8 Å². The van der Waals surface area contributed by atoms with E-state index in [2.05, 4.69) is 41.3 Å². The van der Waals surface area contributed by atoms with Gasteiger partial charge >= 0.3 is 0 Å². The summed E-state index contributed by atoms with van der Waals surface area (Å²) in [5.41, 5.74) is 16.8. The van der Waals surface area contributed by atoms with Crippen LogP contribution in [0.5, 0.6) is 5.75 Å². The summed E-state index contributed by atoms with van der Waals surface area (Å²) in [6.45, 7) is 3.00. The molecule has 4 aromatic rings. The van der Waals surface area contributed by atoms with Crippen LogP contribution in [0.4, 0.5) is 11.4 Å². The van der Waals surface area contributed by atoms with E-state index in [0.29, 0.717) is 18.8 Å². The van der Waals surface area contributed by atoms with Crippen LogP contribution in [0.25, 0.3) is 0 Å². The Balaban J connectivity index is 1.72. The number of ether oxygens (including phenoxy) is 1. The Labute approximate surface area is 207 Å². The van der Waals surface area contributed by atoms with Gasteiger partial charge in [-0.3, -0.25) is 4.90 Å². The zero-order valence-corrected chi connectivity index (χ0v) is 20.0. The summed E-state index contributed by atoms with van der Waals surface area (Å²) in [5.74, 6) is 0.730. The quantitative estimate of drug-likeness (QED) is 0.219. The lowest BCUT2D eigenvalue weighted by Gasteiger charge is -2.36. The molecule has 0 aromatic heterocycles. The molecule has 4 aromatic carbocycles. The van der Waals surface area contributed by atoms with E-state index in [1.807, 2.05) is 72.8 Å². The maximum atomic E-state index is 10.8. The van der Waals surface area contributed by atoms with Gasteiger partial charge in [0.2, 0.25) is 0 Å². The minimum atomic E-state index is -0.725. The molecule has 0 saturated heterocycles. The first kappa shape index (κ1) is 24.3. The average Bonchev–Trinajstić information content (AvgIpc) is 2.87. The van der Waals surface area contributed by atoms with E-state index in [1.54, 1.807) is 6.92 Å². The van der Waals surface area contributed by atoms with Crippen molar-refractivity contribution in [1.29, 1.82) is 0 Å². The van der Waals surface area contributed by atoms with Crippen molar-refractivity contribution in [1.82, 2.24) is 4.90 Å². The van der Waals surface area contributed by atoms with Crippen molar-refractivity contribution in [3.05, 3.63) is 126 Å². The molecule has 2 unspecified atom stereocenters. The highest BCUT2D eigenvalue weighted by molar-refractivity contribution is 5.46. The van der Waals surface area contributed by atoms with Crippen molar-refractivity contribution in [2.24, 2.45) is 0 Å². The number of hydrogen-bond acceptors (Lipinski definition) is 5. The fourth-order valence-corrected chi connectivity index (χ4v) is 4.29. The Morgan fingerprint density at radius 2 is 1.20 bits per heavy atom. The number of aliphatic hydroxyl groups is 1. The second-order valence-electron chi connectivity index (χ2n) is 8.86. The Morgan fingerprint density at radius 1 is 0.714 bits per heavy atom. The monoisotopic (exact) mass is 467 g/mol. The molecule has 0 aliphatic rings. The van der Waals surface area contributed by atoms with Crippen molar-refractivity contribution in [3.63, 3.8) is 0 Å². The number of anilines is 2. The molecule has 5 nitrogen and oxygen atoms in total. The molecular formula is C30H33N3O2. The maximum Gasteiger partial charge on any atom is 0.178 e. The number of nitrogens with zero attached hydrogens (tertiary/aromatic N) is 1. The van der Waals surface area contributed by atoms with Crippen LogP contribution in [0.3, 0.4) is 0 Å². The molecule has 0 saturated carbocycles. The second-order valence-corrected chi connectivity index (χ2v) is 8.86. The van der Waals surface area contributed by atoms with E-state index >= 15 is 0 Å². The number of aliphatic hydroxyl groups excluding tert-OH is 1. The molecule has 2 atom stereocenters. The van der Waals surface area contributed by atoms with Gasteiger partial charge in [0, 0.05) is 30.4 Å². The third kappa shape index (κ3) is 6.63. The van der Waals surface area contributed by atoms with Crippen LogP contribution in [0.2, 0.25) is 0 Å². The topological polar surface area (TPSA) is 84.7 Å². The van der Waals surface area contributed by atoms with Crippen molar-refractivity contribution < 1.29 is 9.84 Å². The molecule has 5 N–H and O–H groups in total. The molecule has 0 amide bonds. The summed E-state index contributed by atoms with van der Waals surface area (Å²) in [6, 6.07) is 35.8. The van der Waals surface area contributed by atoms with E-state index in [0.717, 1.165) is 28.1 Å². The summed E-state index contributed by atoms with van der Waals surface area (Å²) in [7, 11) is 0. The SMILES string of the molecule is CC(O)C(Oc1ccccc1)N(Cc1ccccc1)CC(c1ccc(N)cc1)c1ccc(N)cc1. The molecule has 0 bridgehead atoms. The molecule has 0 aliphatic heterocycles. The van der Waals surface area contributed by atoms with Gasteiger partial charge in [0.1, 0.15) is 11.9 Å². The number of nitrogen functional groups attached to an aromatic ring is 2. The van der Waals surface area contributed by atoms with Crippen LogP contribution < -0.4 is 16.2 Å². The molecule has 35 heavy (non-hydrogen) atoms. The lowest BCUT2D eigenvalue weighted by molar-refractivity contribution is -0.0638. The third-order valence-corrected chi connectivity index (χ3v) is 6.10. The normalized spacial score (nSPS) is 13.0. The molecule has 4 rings (SSSR count). The lowest BCUT2D eigenvalue weighted by atomic mass is 9.90. The third-order valence-electron chi connectivity index (χ3n) is 6.10. The van der Waals surface area contributed by atoms with Gasteiger partial charge in [0.15, 0.2) is 6.23 Å². The summed E-state index contributed by atoms with van der Waals surface area (Å²) in [4.78, 5) is 2.20. The summed E-state index contributed by atoms with van der Waals surface area (Å²) < 4.78 is 6.36. The minimum Gasteiger partial charge on any atom is -0.472 e. The van der Waals surface area contributed by atoms with Crippen molar-refractivity contribution >= 4 is 11.4 Å². The van der Waals surface area contributed by atoms with E-state index in [1.165, 1.54) is 0 Å². The van der Waals surface area contributed by atoms with Crippen LogP contribution in [-0.2, 0) is 6.54 Å². The minimum absolute atomic E-state index is 0.0144. The first-order chi connectivity index (χ1) is 17.0. The smallest absolute Gasteiger partial charge is 0.178 e. The summed E-state index contributed by atoms with van der Waals surface area (Å²) in [6.07, 6.45) is -1.28. The highest BCUT2D eigenvalue weighted by Crippen LogP contribution is 2.30. The molecule has 0 spiro atoms. The van der Waals surface area contributed by atoms with E-state index < -0.39 is 12.3 Å². The molecule has 0 aliphatic carbocycles. The number of para-hydroxylation sites is 1. The fourth-order valence-electron chi connectivity index (χ4n) is 4.29. The van der Waals surface area contributed by atoms with Crippen LogP contribution in [0, 0.1) is 0 Å². The van der Waals surface area contributed by atoms with Crippen molar-refractivity contribution in [3.8, 4) is 5.75 Å². The zero-order chi connectivity index (χ0) is 24.6. The summed E-state index contributed by atoms with van der Waals surface area (Å²) >= 11 is 0. The van der Waals surface area contributed by atoms with Gasteiger partial charge in [-0.05, 0) is 60.0 Å². The van der Waals surface area contributed by atoms with Crippen molar-refractivity contribution in [2.45, 2.75) is 31.7 Å². The Kier molecular flexibility index (Phi) is 8.03. The first-order valence-electron chi connectivity index (χ1n) is 11.9. The van der Waals surface area contributed by atoms with Crippen LogP contribution in [-0.4, -0.2) is 28.9 Å². The van der Waals surface area contributed by atoms with Crippen molar-refractivity contribution in [2.75, 3.05) is 18.0 Å². The van der Waals surface area contributed by atoms with Gasteiger partial charge < -0.3 is 21.3 Å². The molecule has 5 heteroatoms. The van der Waals surface area contributed by atoms with Gasteiger partial charge in [-0.2, -0.15) is 0 Å². The van der Waals surface area contributed by atoms with Gasteiger partial charge in [0.25, 0.3) is 0 Å². The molecule has 180 valence electrons. The van der Waals surface area contributed by atoms with Gasteiger partial charge in [-0.25, -0.2) is 0 Å². The Bertz CT molecular complexity index is 1120. The highest BCUT2D eigenvalue weighted by Gasteiger charge is 2.29. The predicted molar refractivity (Wildman–Crippen MR) is 143 cm³/mol. The van der Waals surface area contributed by atoms with Crippen LogP contribution in [0.15, 0.2) is 109 Å². The Morgan fingerprint density at radius 3 is 1.69 bits per heavy atom.